The van der Waals surface area contributed by atoms with E-state index in [2.05, 4.69) is 29.8 Å². The second-order valence-electron chi connectivity index (χ2n) is 8.71. The summed E-state index contributed by atoms with van der Waals surface area (Å²) >= 11 is 3.46. The smallest absolute Gasteiger partial charge is 0.295 e. The van der Waals surface area contributed by atoms with Crippen LogP contribution >= 0.6 is 15.9 Å². The highest BCUT2D eigenvalue weighted by atomic mass is 79.9. The van der Waals surface area contributed by atoms with Gasteiger partial charge in [0.25, 0.3) is 5.91 Å². The number of nitrogens with zero attached hydrogens (tertiary/aromatic N) is 1. The van der Waals surface area contributed by atoms with Crippen LogP contribution in [0.2, 0.25) is 0 Å². The van der Waals surface area contributed by atoms with Crippen LogP contribution in [0.15, 0.2) is 58.6 Å². The summed E-state index contributed by atoms with van der Waals surface area (Å²) in [5.74, 6) is -0.739. The first-order valence-corrected chi connectivity index (χ1v) is 11.5. The largest absolute Gasteiger partial charge is 0.872 e. The molecule has 1 N–H and O–H groups in total. The maximum absolute atomic E-state index is 13.4. The van der Waals surface area contributed by atoms with Gasteiger partial charge in [0.05, 0.1) is 39.8 Å². The van der Waals surface area contributed by atoms with E-state index in [1.54, 1.807) is 24.3 Å². The maximum Gasteiger partial charge on any atom is 0.295 e. The van der Waals surface area contributed by atoms with E-state index in [1.807, 2.05) is 38.4 Å². The fourth-order valence-corrected chi connectivity index (χ4v) is 4.01. The zero-order valence-electron chi connectivity index (χ0n) is 18.9. The van der Waals surface area contributed by atoms with Crippen LogP contribution in [0.1, 0.15) is 31.0 Å². The lowest BCUT2D eigenvalue weighted by Crippen LogP contribution is -3.06. The second-order valence-corrected chi connectivity index (χ2v) is 9.63. The third-order valence-electron chi connectivity index (χ3n) is 5.25. The van der Waals surface area contributed by atoms with Gasteiger partial charge < -0.3 is 19.6 Å². The van der Waals surface area contributed by atoms with Gasteiger partial charge in [-0.3, -0.25) is 9.59 Å². The van der Waals surface area contributed by atoms with Gasteiger partial charge in [0.1, 0.15) is 5.75 Å². The molecule has 1 aliphatic rings. The second kappa shape index (κ2) is 10.3. The average Bonchev–Trinajstić information content (AvgIpc) is 3.01. The lowest BCUT2D eigenvalue weighted by molar-refractivity contribution is -0.857. The van der Waals surface area contributed by atoms with Crippen molar-refractivity contribution in [3.63, 3.8) is 0 Å². The van der Waals surface area contributed by atoms with Gasteiger partial charge in [-0.2, -0.15) is 0 Å². The molecule has 3 rings (SSSR count). The Morgan fingerprint density at radius 2 is 1.84 bits per heavy atom. The standard InChI is InChI=1S/C25H29BrN2O4/c1-16(2)15-32-20-10-8-17(9-11-20)23(29)21-22(18-6-5-7-19(26)14-18)28(13-12-27(3)4)25(31)24(21)30/h5-11,14,16,22,29H,12-13,15H2,1-4H3. The highest BCUT2D eigenvalue weighted by Crippen LogP contribution is 2.39. The molecule has 2 aromatic rings. The van der Waals surface area contributed by atoms with Crippen LogP contribution in [0.5, 0.6) is 5.75 Å². The predicted octanol–water partition coefficient (Wildman–Crippen LogP) is 1.85. The number of nitrogens with one attached hydrogen (secondary N) is 1. The Morgan fingerprint density at radius 3 is 2.44 bits per heavy atom. The number of rotatable bonds is 8. The Hall–Kier alpha value is -2.64. The molecule has 1 fully saturated rings. The van der Waals surface area contributed by atoms with E-state index < -0.39 is 23.5 Å². The van der Waals surface area contributed by atoms with Gasteiger partial charge in [0, 0.05) is 10.0 Å². The van der Waals surface area contributed by atoms with Gasteiger partial charge in [-0.1, -0.05) is 59.8 Å². The molecule has 0 radical (unpaired) electrons. The molecule has 6 nitrogen and oxygen atoms in total. The zero-order valence-corrected chi connectivity index (χ0v) is 20.4. The minimum Gasteiger partial charge on any atom is -0.872 e. The summed E-state index contributed by atoms with van der Waals surface area (Å²) in [6.07, 6.45) is 0. The van der Waals surface area contributed by atoms with Crippen molar-refractivity contribution in [2.75, 3.05) is 33.8 Å². The van der Waals surface area contributed by atoms with Crippen LogP contribution < -0.4 is 14.7 Å². The summed E-state index contributed by atoms with van der Waals surface area (Å²) in [5.41, 5.74) is 1.09. The number of carbonyl (C=O) groups excluding carboxylic acids is 2. The van der Waals surface area contributed by atoms with Gasteiger partial charge in [-0.25, -0.2) is 0 Å². The summed E-state index contributed by atoms with van der Waals surface area (Å²) in [4.78, 5) is 28.6. The van der Waals surface area contributed by atoms with E-state index in [9.17, 15) is 14.7 Å². The molecular weight excluding hydrogens is 472 g/mol. The van der Waals surface area contributed by atoms with Crippen molar-refractivity contribution < 1.29 is 24.3 Å². The summed E-state index contributed by atoms with van der Waals surface area (Å²) < 4.78 is 6.50. The van der Waals surface area contributed by atoms with Crippen LogP contribution in [-0.4, -0.2) is 50.4 Å². The average molecular weight is 501 g/mol. The number of likely N-dealkylation sites (N-methyl/N-ethyl adjacent to an activating group) is 1. The third kappa shape index (κ3) is 5.40. The fourth-order valence-electron chi connectivity index (χ4n) is 3.59. The summed E-state index contributed by atoms with van der Waals surface area (Å²) in [5, 5.41) is 13.4. The van der Waals surface area contributed by atoms with Crippen molar-refractivity contribution in [1.82, 2.24) is 4.90 Å². The zero-order chi connectivity index (χ0) is 23.4. The van der Waals surface area contributed by atoms with Crippen molar-refractivity contribution in [3.8, 4) is 5.75 Å². The minimum atomic E-state index is -0.728. The van der Waals surface area contributed by atoms with E-state index in [0.717, 1.165) is 14.9 Å². The molecule has 0 spiro atoms. The summed E-state index contributed by atoms with van der Waals surface area (Å²) in [6.45, 7) is 5.73. The Balaban J connectivity index is 2.03. The number of amides is 1. The SMILES string of the molecule is CC(C)COc1ccc(C([O-])=C2C(=O)C(=O)N(CC[NH+](C)C)C2c2cccc(Br)c2)cc1. The van der Waals surface area contributed by atoms with Crippen molar-refractivity contribution in [3.05, 3.63) is 69.7 Å². The number of hydrogen-bond donors (Lipinski definition) is 1. The summed E-state index contributed by atoms with van der Waals surface area (Å²) in [6, 6.07) is 13.4. The van der Waals surface area contributed by atoms with Crippen LogP contribution in [-0.2, 0) is 9.59 Å². The number of Topliss-reactive ketones (excluding diaryl/α,β-unsaturated/α-hetero) is 1. The number of ketones is 1. The first-order valence-electron chi connectivity index (χ1n) is 10.7. The first-order chi connectivity index (χ1) is 15.2. The van der Waals surface area contributed by atoms with Crippen LogP contribution in [0.25, 0.3) is 5.76 Å². The molecule has 0 aromatic heterocycles. The number of benzene rings is 2. The van der Waals surface area contributed by atoms with Crippen molar-refractivity contribution >= 4 is 33.4 Å². The van der Waals surface area contributed by atoms with Crippen molar-refractivity contribution in [2.24, 2.45) is 5.92 Å². The predicted molar refractivity (Wildman–Crippen MR) is 125 cm³/mol. The van der Waals surface area contributed by atoms with Crippen LogP contribution in [0.3, 0.4) is 0 Å². The van der Waals surface area contributed by atoms with E-state index >= 15 is 0 Å². The van der Waals surface area contributed by atoms with E-state index in [-0.39, 0.29) is 5.57 Å². The normalized spacial score (nSPS) is 18.1. The molecule has 0 bridgehead atoms. The molecule has 7 heteroatoms. The molecule has 1 unspecified atom stereocenters. The summed E-state index contributed by atoms with van der Waals surface area (Å²) in [7, 11) is 3.96. The monoisotopic (exact) mass is 500 g/mol. The highest BCUT2D eigenvalue weighted by molar-refractivity contribution is 9.10. The minimum absolute atomic E-state index is 0.00213. The highest BCUT2D eigenvalue weighted by Gasteiger charge is 2.44. The molecule has 1 aliphatic heterocycles. The molecule has 170 valence electrons. The van der Waals surface area contributed by atoms with Gasteiger partial charge in [-0.05, 0) is 41.3 Å². The van der Waals surface area contributed by atoms with Crippen molar-refractivity contribution in [2.45, 2.75) is 19.9 Å². The van der Waals surface area contributed by atoms with Crippen LogP contribution in [0.4, 0.5) is 0 Å². The van der Waals surface area contributed by atoms with E-state index in [0.29, 0.717) is 36.9 Å². The number of quaternary nitrogens is 1. The third-order valence-corrected chi connectivity index (χ3v) is 5.74. The Bertz CT molecular complexity index is 1010. The molecule has 1 atom stereocenters. The van der Waals surface area contributed by atoms with E-state index in [1.165, 1.54) is 4.90 Å². The lowest BCUT2D eigenvalue weighted by Gasteiger charge is -2.28. The van der Waals surface area contributed by atoms with Gasteiger partial charge in [-0.15, -0.1) is 0 Å². The molecule has 1 heterocycles. The fraction of sp³-hybridized carbons (Fsp3) is 0.360. The molecule has 0 aliphatic carbocycles. The Labute approximate surface area is 197 Å². The van der Waals surface area contributed by atoms with Crippen molar-refractivity contribution in [1.29, 1.82) is 0 Å². The lowest BCUT2D eigenvalue weighted by atomic mass is 9.95. The topological polar surface area (TPSA) is 74.1 Å². The molecular formula is C25H29BrN2O4. The molecule has 1 amide bonds. The molecule has 1 saturated heterocycles. The number of halogens is 1. The Morgan fingerprint density at radius 1 is 1.16 bits per heavy atom. The van der Waals surface area contributed by atoms with Gasteiger partial charge in [0.15, 0.2) is 0 Å². The quantitative estimate of drug-likeness (QED) is 0.341. The number of ether oxygens (including phenoxy) is 1. The maximum atomic E-state index is 13.4. The Kier molecular flexibility index (Phi) is 7.74. The number of likely N-dealkylation sites (tertiary alicyclic amines) is 1. The molecule has 2 aromatic carbocycles. The van der Waals surface area contributed by atoms with Crippen LogP contribution in [0, 0.1) is 5.92 Å². The number of carbonyl (C=O) groups is 2. The van der Waals surface area contributed by atoms with Gasteiger partial charge >= 0.3 is 0 Å². The molecule has 0 saturated carbocycles. The molecule has 32 heavy (non-hydrogen) atoms. The number of hydrogen-bond acceptors (Lipinski definition) is 4. The van der Waals surface area contributed by atoms with Gasteiger partial charge in [0.2, 0.25) is 5.78 Å². The first kappa shape index (κ1) is 24.0. The van der Waals surface area contributed by atoms with E-state index in [4.69, 9.17) is 4.74 Å².